The Morgan fingerprint density at radius 3 is 2.73 bits per heavy atom. The van der Waals surface area contributed by atoms with Crippen LogP contribution in [0.25, 0.3) is 11.3 Å². The molecule has 0 fully saturated rings. The normalized spacial score (nSPS) is 10.5. The van der Waals surface area contributed by atoms with Gasteiger partial charge in [-0.2, -0.15) is 0 Å². The van der Waals surface area contributed by atoms with Crippen LogP contribution in [0.4, 0.5) is 0 Å². The van der Waals surface area contributed by atoms with Gasteiger partial charge in [0.1, 0.15) is 5.69 Å². The minimum absolute atomic E-state index is 0.181. The zero-order valence-electron chi connectivity index (χ0n) is 8.37. The van der Waals surface area contributed by atoms with Crippen LogP contribution in [0.3, 0.4) is 0 Å². The van der Waals surface area contributed by atoms with Crippen LogP contribution in [-0.2, 0) is 6.54 Å². The lowest BCUT2D eigenvalue weighted by molar-refractivity contribution is 0.276. The van der Waals surface area contributed by atoms with Gasteiger partial charge in [0.05, 0.1) is 6.20 Å². The second-order valence-electron chi connectivity index (χ2n) is 3.31. The molecular weight excluding hydrogens is 190 g/mol. The van der Waals surface area contributed by atoms with Gasteiger partial charge in [-0.3, -0.25) is 4.68 Å². The van der Waals surface area contributed by atoms with E-state index in [9.17, 15) is 0 Å². The first kappa shape index (κ1) is 9.86. The number of hydrogen-bond donors (Lipinski definition) is 1. The van der Waals surface area contributed by atoms with Crippen LogP contribution in [-0.4, -0.2) is 26.7 Å². The Morgan fingerprint density at radius 1 is 1.20 bits per heavy atom. The molecular formula is C11H13N3O. The summed E-state index contributed by atoms with van der Waals surface area (Å²) in [5.74, 6) is 0. The molecule has 0 radical (unpaired) electrons. The molecule has 2 aromatic rings. The monoisotopic (exact) mass is 203 g/mol. The van der Waals surface area contributed by atoms with Gasteiger partial charge in [0.2, 0.25) is 0 Å². The molecule has 0 aliphatic heterocycles. The van der Waals surface area contributed by atoms with E-state index in [1.54, 1.807) is 4.68 Å². The number of aliphatic hydroxyl groups is 1. The first-order chi connectivity index (χ1) is 7.40. The Morgan fingerprint density at radius 2 is 2.00 bits per heavy atom. The van der Waals surface area contributed by atoms with E-state index in [4.69, 9.17) is 5.11 Å². The lowest BCUT2D eigenvalue weighted by atomic mass is 10.2. The highest BCUT2D eigenvalue weighted by molar-refractivity contribution is 5.56. The Hall–Kier alpha value is -1.68. The summed E-state index contributed by atoms with van der Waals surface area (Å²) >= 11 is 0. The molecule has 0 spiro atoms. The van der Waals surface area contributed by atoms with Crippen molar-refractivity contribution in [3.8, 4) is 11.3 Å². The van der Waals surface area contributed by atoms with Crippen molar-refractivity contribution >= 4 is 0 Å². The lowest BCUT2D eigenvalue weighted by Gasteiger charge is -1.95. The van der Waals surface area contributed by atoms with Crippen molar-refractivity contribution in [2.45, 2.75) is 13.0 Å². The minimum atomic E-state index is 0.181. The number of hydrogen-bond acceptors (Lipinski definition) is 3. The van der Waals surface area contributed by atoms with Crippen molar-refractivity contribution in [2.75, 3.05) is 6.61 Å². The molecule has 1 aromatic heterocycles. The topological polar surface area (TPSA) is 50.9 Å². The van der Waals surface area contributed by atoms with Gasteiger partial charge in [-0.05, 0) is 6.42 Å². The third kappa shape index (κ3) is 2.41. The van der Waals surface area contributed by atoms with Gasteiger partial charge in [0.15, 0.2) is 0 Å². The van der Waals surface area contributed by atoms with Crippen molar-refractivity contribution in [2.24, 2.45) is 0 Å². The van der Waals surface area contributed by atoms with Crippen LogP contribution >= 0.6 is 0 Å². The van der Waals surface area contributed by atoms with E-state index in [2.05, 4.69) is 10.3 Å². The zero-order valence-corrected chi connectivity index (χ0v) is 8.37. The van der Waals surface area contributed by atoms with Crippen LogP contribution in [0.15, 0.2) is 36.5 Å². The van der Waals surface area contributed by atoms with Crippen LogP contribution in [0.5, 0.6) is 0 Å². The fourth-order valence-corrected chi connectivity index (χ4v) is 1.38. The predicted octanol–water partition coefficient (Wildman–Crippen LogP) is 1.33. The third-order valence-electron chi connectivity index (χ3n) is 2.15. The van der Waals surface area contributed by atoms with Crippen molar-refractivity contribution in [1.29, 1.82) is 0 Å². The smallest absolute Gasteiger partial charge is 0.113 e. The summed E-state index contributed by atoms with van der Waals surface area (Å²) < 4.78 is 1.75. The summed E-state index contributed by atoms with van der Waals surface area (Å²) in [6, 6.07) is 9.92. The molecule has 0 aliphatic carbocycles. The molecule has 1 aromatic carbocycles. The molecule has 0 atom stereocenters. The summed E-state index contributed by atoms with van der Waals surface area (Å²) in [7, 11) is 0. The number of benzene rings is 1. The number of aryl methyl sites for hydroxylation is 1. The highest BCUT2D eigenvalue weighted by Crippen LogP contribution is 2.14. The maximum absolute atomic E-state index is 8.69. The molecule has 15 heavy (non-hydrogen) atoms. The van der Waals surface area contributed by atoms with Crippen LogP contribution < -0.4 is 0 Å². The number of nitrogens with zero attached hydrogens (tertiary/aromatic N) is 3. The maximum atomic E-state index is 8.69. The average Bonchev–Trinajstić information content (AvgIpc) is 2.76. The number of aliphatic hydroxyl groups excluding tert-OH is 1. The van der Waals surface area contributed by atoms with Crippen molar-refractivity contribution in [3.63, 3.8) is 0 Å². The SMILES string of the molecule is OCCCn1cc(-c2ccccc2)nn1. The van der Waals surface area contributed by atoms with Crippen LogP contribution in [0.1, 0.15) is 6.42 Å². The van der Waals surface area contributed by atoms with E-state index in [1.165, 1.54) is 0 Å². The highest BCUT2D eigenvalue weighted by Gasteiger charge is 2.01. The quantitative estimate of drug-likeness (QED) is 0.815. The molecule has 0 bridgehead atoms. The third-order valence-corrected chi connectivity index (χ3v) is 2.15. The molecule has 0 aliphatic rings. The molecule has 2 rings (SSSR count). The van der Waals surface area contributed by atoms with Crippen molar-refractivity contribution in [1.82, 2.24) is 15.0 Å². The summed E-state index contributed by atoms with van der Waals surface area (Å²) in [5.41, 5.74) is 1.93. The van der Waals surface area contributed by atoms with E-state index >= 15 is 0 Å². The van der Waals surface area contributed by atoms with Gasteiger partial charge < -0.3 is 5.11 Å². The predicted molar refractivity (Wildman–Crippen MR) is 57.2 cm³/mol. The highest BCUT2D eigenvalue weighted by atomic mass is 16.3. The number of rotatable bonds is 4. The lowest BCUT2D eigenvalue weighted by Crippen LogP contribution is -2.00. The molecule has 1 heterocycles. The standard InChI is InChI=1S/C11H13N3O/c15-8-4-7-14-9-11(12-13-14)10-5-2-1-3-6-10/h1-3,5-6,9,15H,4,7-8H2. The summed E-state index contributed by atoms with van der Waals surface area (Å²) in [6.45, 7) is 0.886. The molecule has 4 heteroatoms. The van der Waals surface area contributed by atoms with Gasteiger partial charge in [0.25, 0.3) is 0 Å². The zero-order chi connectivity index (χ0) is 10.5. The largest absolute Gasteiger partial charge is 0.396 e. The van der Waals surface area contributed by atoms with Gasteiger partial charge in [-0.15, -0.1) is 5.10 Å². The fourth-order valence-electron chi connectivity index (χ4n) is 1.38. The van der Waals surface area contributed by atoms with E-state index in [-0.39, 0.29) is 6.61 Å². The summed E-state index contributed by atoms with van der Waals surface area (Å²) in [4.78, 5) is 0. The maximum Gasteiger partial charge on any atom is 0.113 e. The molecule has 0 saturated carbocycles. The van der Waals surface area contributed by atoms with Gasteiger partial charge in [-0.1, -0.05) is 35.5 Å². The van der Waals surface area contributed by atoms with Gasteiger partial charge >= 0.3 is 0 Å². The molecule has 0 unspecified atom stereocenters. The first-order valence-corrected chi connectivity index (χ1v) is 4.96. The summed E-state index contributed by atoms with van der Waals surface area (Å²) in [6.07, 6.45) is 2.60. The second kappa shape index (κ2) is 4.70. The second-order valence-corrected chi connectivity index (χ2v) is 3.31. The molecule has 78 valence electrons. The van der Waals surface area contributed by atoms with Gasteiger partial charge in [-0.25, -0.2) is 0 Å². The van der Waals surface area contributed by atoms with E-state index < -0.39 is 0 Å². The average molecular weight is 203 g/mol. The van der Waals surface area contributed by atoms with Crippen molar-refractivity contribution < 1.29 is 5.11 Å². The number of aromatic nitrogens is 3. The van der Waals surface area contributed by atoms with Crippen LogP contribution in [0.2, 0.25) is 0 Å². The van der Waals surface area contributed by atoms with E-state index in [0.29, 0.717) is 13.0 Å². The fraction of sp³-hybridized carbons (Fsp3) is 0.273. The van der Waals surface area contributed by atoms with Crippen molar-refractivity contribution in [3.05, 3.63) is 36.5 Å². The molecule has 0 amide bonds. The van der Waals surface area contributed by atoms with E-state index in [0.717, 1.165) is 11.3 Å². The van der Waals surface area contributed by atoms with Gasteiger partial charge in [0, 0.05) is 18.7 Å². The summed E-state index contributed by atoms with van der Waals surface area (Å²) in [5, 5.41) is 16.7. The Bertz CT molecular complexity index is 411. The van der Waals surface area contributed by atoms with Crippen LogP contribution in [0, 0.1) is 0 Å². The molecule has 1 N–H and O–H groups in total. The Labute approximate surface area is 88.2 Å². The van der Waals surface area contributed by atoms with E-state index in [1.807, 2.05) is 36.5 Å². The Balaban J connectivity index is 2.14. The Kier molecular flexibility index (Phi) is 3.09. The first-order valence-electron chi connectivity index (χ1n) is 4.96. The molecule has 0 saturated heterocycles. The minimum Gasteiger partial charge on any atom is -0.396 e. The molecule has 4 nitrogen and oxygen atoms in total.